The number of carbonyl (C=O) groups is 1. The van der Waals surface area contributed by atoms with Crippen LogP contribution in [0.4, 0.5) is 0 Å². The van der Waals surface area contributed by atoms with Gasteiger partial charge in [0.15, 0.2) is 0 Å². The number of aromatic nitrogens is 1. The average molecular weight is 410 g/mol. The highest BCUT2D eigenvalue weighted by molar-refractivity contribution is 7.10. The van der Waals surface area contributed by atoms with Crippen molar-refractivity contribution in [2.45, 2.75) is 26.3 Å². The number of rotatable bonds is 6. The summed E-state index contributed by atoms with van der Waals surface area (Å²) in [6, 6.07) is 12.5. The molecule has 1 aliphatic rings. The lowest BCUT2D eigenvalue weighted by atomic mass is 9.99. The molecule has 0 aliphatic carbocycles. The molecule has 0 radical (unpaired) electrons. The molecule has 3 heterocycles. The Labute approximate surface area is 175 Å². The zero-order chi connectivity index (χ0) is 20.2. The summed E-state index contributed by atoms with van der Waals surface area (Å²) in [6.45, 7) is 7.97. The van der Waals surface area contributed by atoms with E-state index in [1.807, 2.05) is 25.1 Å². The Morgan fingerprint density at radius 3 is 2.76 bits per heavy atom. The molecule has 1 aromatic carbocycles. The van der Waals surface area contributed by atoms with Gasteiger partial charge in [-0.3, -0.25) is 14.7 Å². The van der Waals surface area contributed by atoms with Crippen LogP contribution in [0.5, 0.6) is 0 Å². The summed E-state index contributed by atoms with van der Waals surface area (Å²) in [4.78, 5) is 21.2. The second kappa shape index (κ2) is 9.03. The van der Waals surface area contributed by atoms with Crippen molar-refractivity contribution >= 4 is 28.1 Å². The van der Waals surface area contributed by atoms with Crippen LogP contribution in [0, 0.1) is 13.8 Å². The van der Waals surface area contributed by atoms with E-state index in [0.29, 0.717) is 13.0 Å². The van der Waals surface area contributed by atoms with E-state index in [-0.39, 0.29) is 11.9 Å². The minimum Gasteiger partial charge on any atom is -0.379 e. The number of aryl methyl sites for hydroxylation is 2. The number of amides is 1. The van der Waals surface area contributed by atoms with Gasteiger partial charge in [-0.2, -0.15) is 0 Å². The highest BCUT2D eigenvalue weighted by Gasteiger charge is 2.24. The maximum absolute atomic E-state index is 12.8. The number of nitrogens with zero attached hydrogens (tertiary/aromatic N) is 2. The molecule has 1 N–H and O–H groups in total. The van der Waals surface area contributed by atoms with E-state index >= 15 is 0 Å². The van der Waals surface area contributed by atoms with E-state index in [1.54, 1.807) is 11.3 Å². The number of fused-ring (bicyclic) bond motifs is 1. The maximum atomic E-state index is 12.8. The molecule has 29 heavy (non-hydrogen) atoms. The van der Waals surface area contributed by atoms with Gasteiger partial charge in [-0.05, 0) is 42.5 Å². The molecule has 4 rings (SSSR count). The van der Waals surface area contributed by atoms with Crippen LogP contribution >= 0.6 is 11.3 Å². The molecule has 1 saturated heterocycles. The second-order valence-electron chi connectivity index (χ2n) is 7.48. The van der Waals surface area contributed by atoms with E-state index in [0.717, 1.165) is 54.0 Å². The number of benzene rings is 1. The molecular formula is C23H27N3O2S. The lowest BCUT2D eigenvalue weighted by Gasteiger charge is -2.34. The third-order valence-corrected chi connectivity index (χ3v) is 6.65. The van der Waals surface area contributed by atoms with Crippen LogP contribution in [0.2, 0.25) is 0 Å². The second-order valence-corrected chi connectivity index (χ2v) is 8.46. The van der Waals surface area contributed by atoms with Crippen LogP contribution in [0.25, 0.3) is 10.9 Å². The molecule has 3 aromatic rings. The predicted molar refractivity (Wildman–Crippen MR) is 117 cm³/mol. The van der Waals surface area contributed by atoms with Crippen molar-refractivity contribution in [3.8, 4) is 0 Å². The van der Waals surface area contributed by atoms with Crippen molar-refractivity contribution in [2.75, 3.05) is 32.8 Å². The first-order chi connectivity index (χ1) is 14.1. The van der Waals surface area contributed by atoms with Crippen LogP contribution < -0.4 is 5.32 Å². The summed E-state index contributed by atoms with van der Waals surface area (Å²) in [6.07, 6.45) is 0.357. The summed E-state index contributed by atoms with van der Waals surface area (Å²) >= 11 is 1.74. The molecule has 6 heteroatoms. The van der Waals surface area contributed by atoms with Crippen LogP contribution in [-0.2, 0) is 16.0 Å². The van der Waals surface area contributed by atoms with Gasteiger partial charge in [0.2, 0.25) is 5.91 Å². The molecule has 1 atom stereocenters. The topological polar surface area (TPSA) is 54.5 Å². The monoisotopic (exact) mass is 409 g/mol. The summed E-state index contributed by atoms with van der Waals surface area (Å²) in [5.41, 5.74) is 4.09. The highest BCUT2D eigenvalue weighted by atomic mass is 32.1. The van der Waals surface area contributed by atoms with Crippen molar-refractivity contribution in [3.05, 3.63) is 63.5 Å². The number of morpholine rings is 1. The Bertz CT molecular complexity index is 981. The average Bonchev–Trinajstić information content (AvgIpc) is 3.27. The Balaban J connectivity index is 1.47. The Hall–Kier alpha value is -2.28. The van der Waals surface area contributed by atoms with Gasteiger partial charge in [-0.25, -0.2) is 0 Å². The minimum absolute atomic E-state index is 0.0445. The normalized spacial score (nSPS) is 16.1. The number of nitrogens with one attached hydrogen (secondary N) is 1. The van der Waals surface area contributed by atoms with E-state index in [2.05, 4.69) is 40.7 Å². The molecule has 2 aromatic heterocycles. The first kappa shape index (κ1) is 20.0. The van der Waals surface area contributed by atoms with E-state index < -0.39 is 0 Å². The van der Waals surface area contributed by atoms with Crippen LogP contribution in [0.1, 0.15) is 27.7 Å². The molecule has 0 saturated carbocycles. The third-order valence-electron chi connectivity index (χ3n) is 5.67. The molecule has 1 aliphatic heterocycles. The fourth-order valence-electron chi connectivity index (χ4n) is 4.04. The molecule has 1 amide bonds. The van der Waals surface area contributed by atoms with Crippen molar-refractivity contribution in [1.29, 1.82) is 0 Å². The quantitative estimate of drug-likeness (QED) is 0.675. The smallest absolute Gasteiger partial charge is 0.224 e. The molecule has 152 valence electrons. The maximum Gasteiger partial charge on any atom is 0.224 e. The SMILES string of the molecule is Cc1nc2ccccc2c(C)c1CC(=O)NC[C@H](c1cccs1)N1CCOCC1. The van der Waals surface area contributed by atoms with Crippen LogP contribution in [-0.4, -0.2) is 48.6 Å². The first-order valence-electron chi connectivity index (χ1n) is 10.1. The van der Waals surface area contributed by atoms with Crippen molar-refractivity contribution in [3.63, 3.8) is 0 Å². The van der Waals surface area contributed by atoms with Crippen LogP contribution in [0.15, 0.2) is 41.8 Å². The van der Waals surface area contributed by atoms with Gasteiger partial charge in [0.25, 0.3) is 0 Å². The first-order valence-corrected chi connectivity index (χ1v) is 11.0. The van der Waals surface area contributed by atoms with Gasteiger partial charge < -0.3 is 10.1 Å². The number of pyridine rings is 1. The van der Waals surface area contributed by atoms with Crippen LogP contribution in [0.3, 0.4) is 0 Å². The predicted octanol–water partition coefficient (Wildman–Crippen LogP) is 3.65. The third kappa shape index (κ3) is 4.50. The number of thiophene rings is 1. The lowest BCUT2D eigenvalue weighted by molar-refractivity contribution is -0.120. The van der Waals surface area contributed by atoms with E-state index in [9.17, 15) is 4.79 Å². The summed E-state index contributed by atoms with van der Waals surface area (Å²) in [7, 11) is 0. The van der Waals surface area contributed by atoms with E-state index in [1.165, 1.54) is 4.88 Å². The van der Waals surface area contributed by atoms with Gasteiger partial charge in [-0.1, -0.05) is 24.3 Å². The van der Waals surface area contributed by atoms with E-state index in [4.69, 9.17) is 9.72 Å². The van der Waals surface area contributed by atoms with Crippen molar-refractivity contribution in [2.24, 2.45) is 0 Å². The number of hydrogen-bond donors (Lipinski definition) is 1. The zero-order valence-electron chi connectivity index (χ0n) is 17.0. The number of ether oxygens (including phenoxy) is 1. The van der Waals surface area contributed by atoms with Gasteiger partial charge in [0.1, 0.15) is 0 Å². The number of hydrogen-bond acceptors (Lipinski definition) is 5. The fourth-order valence-corrected chi connectivity index (χ4v) is 4.90. The molecule has 0 spiro atoms. The summed E-state index contributed by atoms with van der Waals surface area (Å²) < 4.78 is 5.50. The number of para-hydroxylation sites is 1. The number of carbonyl (C=O) groups excluding carboxylic acids is 1. The standard InChI is InChI=1S/C23H27N3O2S/c1-16-18-6-3-4-7-20(18)25-17(2)19(16)14-23(27)24-15-21(22-8-5-13-29-22)26-9-11-28-12-10-26/h3-8,13,21H,9-12,14-15H2,1-2H3,(H,24,27)/t21-/m1/s1. The molecule has 5 nitrogen and oxygen atoms in total. The largest absolute Gasteiger partial charge is 0.379 e. The van der Waals surface area contributed by atoms with Gasteiger partial charge in [-0.15, -0.1) is 11.3 Å². The van der Waals surface area contributed by atoms with Gasteiger partial charge >= 0.3 is 0 Å². The van der Waals surface area contributed by atoms with Gasteiger partial charge in [0, 0.05) is 35.6 Å². The van der Waals surface area contributed by atoms with Crippen molar-refractivity contribution in [1.82, 2.24) is 15.2 Å². The molecule has 1 fully saturated rings. The summed E-state index contributed by atoms with van der Waals surface area (Å²) in [5.74, 6) is 0.0445. The molecular weight excluding hydrogens is 382 g/mol. The Morgan fingerprint density at radius 2 is 2.00 bits per heavy atom. The van der Waals surface area contributed by atoms with Gasteiger partial charge in [0.05, 0.1) is 31.2 Å². The highest BCUT2D eigenvalue weighted by Crippen LogP contribution is 2.26. The summed E-state index contributed by atoms with van der Waals surface area (Å²) in [5, 5.41) is 6.39. The minimum atomic E-state index is 0.0445. The molecule has 0 unspecified atom stereocenters. The Morgan fingerprint density at radius 1 is 1.21 bits per heavy atom. The van der Waals surface area contributed by atoms with Crippen molar-refractivity contribution < 1.29 is 9.53 Å². The fraction of sp³-hybridized carbons (Fsp3) is 0.391. The molecule has 0 bridgehead atoms. The Kier molecular flexibility index (Phi) is 6.23. The zero-order valence-corrected chi connectivity index (χ0v) is 17.8. The lowest BCUT2D eigenvalue weighted by Crippen LogP contribution is -2.43.